The Hall–Kier alpha value is -2.03. The topological polar surface area (TPSA) is 79.0 Å². The third-order valence-electron chi connectivity index (χ3n) is 3.46. The van der Waals surface area contributed by atoms with Crippen molar-refractivity contribution >= 4 is 21.4 Å². The first kappa shape index (κ1) is 15.9. The smallest absolute Gasteiger partial charge is 0.207 e. The number of nitrogens with zero attached hydrogens (tertiary/aromatic N) is 3. The second-order valence-corrected chi connectivity index (χ2v) is 8.47. The van der Waals surface area contributed by atoms with Gasteiger partial charge in [0.05, 0.1) is 15.5 Å². The summed E-state index contributed by atoms with van der Waals surface area (Å²) in [6.07, 6.45) is 0. The number of rotatable bonds is 4. The summed E-state index contributed by atoms with van der Waals surface area (Å²) in [5.74, 6) is 0. The number of aromatic nitrogens is 3. The predicted octanol–water partition coefficient (Wildman–Crippen LogP) is 2.76. The number of aryl methyl sites for hydroxylation is 1. The van der Waals surface area contributed by atoms with Gasteiger partial charge in [0.15, 0.2) is 0 Å². The lowest BCUT2D eigenvalue weighted by molar-refractivity contribution is 0.521. The zero-order chi connectivity index (χ0) is 16.6. The lowest BCUT2D eigenvalue weighted by Crippen LogP contribution is -2.22. The maximum Gasteiger partial charge on any atom is 0.242 e. The quantitative estimate of drug-likeness (QED) is 0.786. The standard InChI is InChI=1S/C15H16N4O2S2/c1-10-15(17-18-16-10)14-8-7-13(22-14)11-5-4-6-12(9-11)23(20,21)19(2)3/h4-9H,1-3H3,(H,16,17,18). The van der Waals surface area contributed by atoms with Crippen LogP contribution in [-0.2, 0) is 10.0 Å². The van der Waals surface area contributed by atoms with Crippen molar-refractivity contribution in [1.82, 2.24) is 19.7 Å². The molecule has 0 saturated heterocycles. The van der Waals surface area contributed by atoms with Crippen LogP contribution >= 0.6 is 11.3 Å². The molecular formula is C15H16N4O2S2. The second-order valence-electron chi connectivity index (χ2n) is 5.24. The molecule has 0 bridgehead atoms. The molecule has 0 fully saturated rings. The normalized spacial score (nSPS) is 12.0. The number of nitrogens with one attached hydrogen (secondary N) is 1. The lowest BCUT2D eigenvalue weighted by Gasteiger charge is -2.11. The highest BCUT2D eigenvalue weighted by Crippen LogP contribution is 2.35. The van der Waals surface area contributed by atoms with Gasteiger partial charge in [-0.2, -0.15) is 15.4 Å². The van der Waals surface area contributed by atoms with Gasteiger partial charge in [-0.05, 0) is 36.8 Å². The Kier molecular flexibility index (Phi) is 4.05. The summed E-state index contributed by atoms with van der Waals surface area (Å²) in [6, 6.07) is 10.9. The second kappa shape index (κ2) is 5.88. The number of aromatic amines is 1. The van der Waals surface area contributed by atoms with Crippen LogP contribution in [0.2, 0.25) is 0 Å². The van der Waals surface area contributed by atoms with Gasteiger partial charge in [0.25, 0.3) is 0 Å². The van der Waals surface area contributed by atoms with Crippen molar-refractivity contribution < 1.29 is 8.42 Å². The van der Waals surface area contributed by atoms with Gasteiger partial charge in [-0.3, -0.25) is 0 Å². The van der Waals surface area contributed by atoms with Gasteiger partial charge in [0.2, 0.25) is 10.0 Å². The molecule has 23 heavy (non-hydrogen) atoms. The molecule has 3 rings (SSSR count). The number of hydrogen-bond donors (Lipinski definition) is 1. The van der Waals surface area contributed by atoms with E-state index in [-0.39, 0.29) is 4.90 Å². The third-order valence-corrected chi connectivity index (χ3v) is 6.41. The molecule has 0 aliphatic rings. The fourth-order valence-electron chi connectivity index (χ4n) is 2.16. The van der Waals surface area contributed by atoms with Crippen molar-refractivity contribution in [3.8, 4) is 21.0 Å². The Labute approximate surface area is 138 Å². The highest BCUT2D eigenvalue weighted by molar-refractivity contribution is 7.89. The van der Waals surface area contributed by atoms with E-state index >= 15 is 0 Å². The molecule has 1 N–H and O–H groups in total. The van der Waals surface area contributed by atoms with Gasteiger partial charge in [-0.15, -0.1) is 11.3 Å². The minimum atomic E-state index is -3.44. The van der Waals surface area contributed by atoms with E-state index in [0.717, 1.165) is 26.7 Å². The van der Waals surface area contributed by atoms with Gasteiger partial charge >= 0.3 is 0 Å². The Bertz CT molecular complexity index is 942. The van der Waals surface area contributed by atoms with Crippen LogP contribution in [0, 0.1) is 6.92 Å². The van der Waals surface area contributed by atoms with Crippen molar-refractivity contribution in [2.24, 2.45) is 0 Å². The zero-order valence-electron chi connectivity index (χ0n) is 12.9. The van der Waals surface area contributed by atoms with Gasteiger partial charge in [0, 0.05) is 19.0 Å². The Morgan fingerprint density at radius 2 is 1.83 bits per heavy atom. The molecule has 6 nitrogen and oxygen atoms in total. The SMILES string of the molecule is Cc1n[nH]nc1-c1ccc(-c2cccc(S(=O)(=O)N(C)C)c2)s1. The van der Waals surface area contributed by atoms with E-state index < -0.39 is 10.0 Å². The van der Waals surface area contributed by atoms with E-state index in [1.807, 2.05) is 25.1 Å². The van der Waals surface area contributed by atoms with E-state index in [0.29, 0.717) is 0 Å². The molecule has 0 amide bonds. The van der Waals surface area contributed by atoms with Crippen LogP contribution in [0.4, 0.5) is 0 Å². The van der Waals surface area contributed by atoms with Crippen LogP contribution < -0.4 is 0 Å². The average molecular weight is 348 g/mol. The minimum Gasteiger partial charge on any atom is -0.207 e. The van der Waals surface area contributed by atoms with Crippen molar-refractivity contribution in [3.05, 3.63) is 42.1 Å². The maximum absolute atomic E-state index is 12.3. The minimum absolute atomic E-state index is 0.285. The first-order valence-corrected chi connectivity index (χ1v) is 9.16. The van der Waals surface area contributed by atoms with Crippen LogP contribution in [0.25, 0.3) is 21.0 Å². The van der Waals surface area contributed by atoms with Crippen LogP contribution in [-0.4, -0.2) is 42.2 Å². The number of H-pyrrole nitrogens is 1. The first-order valence-electron chi connectivity index (χ1n) is 6.90. The van der Waals surface area contributed by atoms with E-state index in [1.165, 1.54) is 18.4 Å². The molecule has 2 aromatic heterocycles. The monoisotopic (exact) mass is 348 g/mol. The Morgan fingerprint density at radius 3 is 2.48 bits per heavy atom. The number of hydrogen-bond acceptors (Lipinski definition) is 5. The molecule has 0 radical (unpaired) electrons. The summed E-state index contributed by atoms with van der Waals surface area (Å²) in [5.41, 5.74) is 2.52. The highest BCUT2D eigenvalue weighted by Gasteiger charge is 2.18. The van der Waals surface area contributed by atoms with Gasteiger partial charge < -0.3 is 0 Å². The summed E-state index contributed by atoms with van der Waals surface area (Å²) in [4.78, 5) is 2.26. The number of benzene rings is 1. The molecule has 1 aromatic carbocycles. The zero-order valence-corrected chi connectivity index (χ0v) is 14.6. The summed E-state index contributed by atoms with van der Waals surface area (Å²) < 4.78 is 25.7. The molecule has 0 aliphatic carbocycles. The summed E-state index contributed by atoms with van der Waals surface area (Å²) in [7, 11) is -0.387. The fraction of sp³-hybridized carbons (Fsp3) is 0.200. The van der Waals surface area contributed by atoms with Crippen molar-refractivity contribution in [3.63, 3.8) is 0 Å². The molecule has 0 aliphatic heterocycles. The largest absolute Gasteiger partial charge is 0.242 e. The van der Waals surface area contributed by atoms with Crippen molar-refractivity contribution in [1.29, 1.82) is 0 Å². The van der Waals surface area contributed by atoms with Gasteiger partial charge in [0.1, 0.15) is 5.69 Å². The summed E-state index contributed by atoms with van der Waals surface area (Å²) in [5, 5.41) is 10.8. The molecule has 8 heteroatoms. The molecular weight excluding hydrogens is 332 g/mol. The number of sulfonamides is 1. The van der Waals surface area contributed by atoms with E-state index in [1.54, 1.807) is 29.5 Å². The van der Waals surface area contributed by atoms with Crippen LogP contribution in [0.3, 0.4) is 0 Å². The Morgan fingerprint density at radius 1 is 1.09 bits per heavy atom. The average Bonchev–Trinajstić information content (AvgIpc) is 3.15. The summed E-state index contributed by atoms with van der Waals surface area (Å²) >= 11 is 1.55. The maximum atomic E-state index is 12.3. The first-order chi connectivity index (χ1) is 10.9. The molecule has 3 aromatic rings. The van der Waals surface area contributed by atoms with Crippen LogP contribution in [0.5, 0.6) is 0 Å². The molecule has 0 unspecified atom stereocenters. The number of thiophene rings is 1. The lowest BCUT2D eigenvalue weighted by atomic mass is 10.2. The molecule has 120 valence electrons. The van der Waals surface area contributed by atoms with Gasteiger partial charge in [-0.1, -0.05) is 12.1 Å². The van der Waals surface area contributed by atoms with Crippen molar-refractivity contribution in [2.75, 3.05) is 14.1 Å². The molecule has 0 atom stereocenters. The van der Waals surface area contributed by atoms with Crippen molar-refractivity contribution in [2.45, 2.75) is 11.8 Å². The van der Waals surface area contributed by atoms with Gasteiger partial charge in [-0.25, -0.2) is 12.7 Å². The highest BCUT2D eigenvalue weighted by atomic mass is 32.2. The molecule has 0 saturated carbocycles. The van der Waals surface area contributed by atoms with E-state index in [2.05, 4.69) is 15.4 Å². The predicted molar refractivity (Wildman–Crippen MR) is 90.7 cm³/mol. The fourth-order valence-corrected chi connectivity index (χ4v) is 4.15. The van der Waals surface area contributed by atoms with Crippen LogP contribution in [0.15, 0.2) is 41.3 Å². The van der Waals surface area contributed by atoms with E-state index in [9.17, 15) is 8.42 Å². The van der Waals surface area contributed by atoms with Crippen LogP contribution in [0.1, 0.15) is 5.69 Å². The molecule has 0 spiro atoms. The Balaban J connectivity index is 2.01. The summed E-state index contributed by atoms with van der Waals surface area (Å²) in [6.45, 7) is 1.89. The third kappa shape index (κ3) is 2.92. The molecule has 2 heterocycles. The van der Waals surface area contributed by atoms with E-state index in [4.69, 9.17) is 0 Å².